The molecular weight excluding hydrogens is 364 g/mol. The van der Waals surface area contributed by atoms with Crippen LogP contribution in [0.5, 0.6) is 0 Å². The first-order valence-electron chi connectivity index (χ1n) is 5.91. The number of nitrogens with one attached hydrogen (secondary N) is 1. The number of carboxylic acid groups (broad SMARTS) is 1. The molecule has 0 spiro atoms. The van der Waals surface area contributed by atoms with E-state index in [1.165, 1.54) is 18.2 Å². The average molecular weight is 377 g/mol. The standard InChI is InChI=1S/C13H13FINO3/c14-8-2-3-9(10(15)6-8)12(19)16-13(4-1-5-13)7-11(17)18/h2-3,6H,1,4-5,7H2,(H,16,19)(H,17,18). The molecule has 0 saturated heterocycles. The van der Waals surface area contributed by atoms with E-state index >= 15 is 0 Å². The monoisotopic (exact) mass is 377 g/mol. The molecule has 1 aromatic carbocycles. The molecule has 0 aromatic heterocycles. The number of carbonyl (C=O) groups excluding carboxylic acids is 1. The van der Waals surface area contributed by atoms with Crippen LogP contribution < -0.4 is 5.32 Å². The molecule has 2 N–H and O–H groups in total. The highest BCUT2D eigenvalue weighted by Gasteiger charge is 2.40. The summed E-state index contributed by atoms with van der Waals surface area (Å²) in [6.45, 7) is 0. The van der Waals surface area contributed by atoms with Crippen molar-refractivity contribution in [3.8, 4) is 0 Å². The highest BCUT2D eigenvalue weighted by atomic mass is 127. The molecule has 1 aliphatic rings. The molecule has 0 aliphatic heterocycles. The lowest BCUT2D eigenvalue weighted by molar-refractivity contribution is -0.139. The third-order valence-electron chi connectivity index (χ3n) is 3.35. The summed E-state index contributed by atoms with van der Waals surface area (Å²) in [5.41, 5.74) is -0.265. The molecule has 1 fully saturated rings. The van der Waals surface area contributed by atoms with Crippen molar-refractivity contribution >= 4 is 34.5 Å². The summed E-state index contributed by atoms with van der Waals surface area (Å²) in [6, 6.07) is 3.92. The van der Waals surface area contributed by atoms with E-state index in [0.29, 0.717) is 22.0 Å². The van der Waals surface area contributed by atoms with Crippen molar-refractivity contribution in [3.05, 3.63) is 33.1 Å². The molecule has 0 heterocycles. The van der Waals surface area contributed by atoms with Crippen molar-refractivity contribution in [2.45, 2.75) is 31.2 Å². The Labute approximate surface area is 123 Å². The van der Waals surface area contributed by atoms with E-state index in [9.17, 15) is 14.0 Å². The molecule has 0 unspecified atom stereocenters. The second-order valence-electron chi connectivity index (χ2n) is 4.78. The van der Waals surface area contributed by atoms with Gasteiger partial charge in [-0.1, -0.05) is 0 Å². The van der Waals surface area contributed by atoms with E-state index in [1.807, 2.05) is 22.6 Å². The third-order valence-corrected chi connectivity index (χ3v) is 4.25. The fourth-order valence-electron chi connectivity index (χ4n) is 2.22. The van der Waals surface area contributed by atoms with E-state index in [0.717, 1.165) is 6.42 Å². The van der Waals surface area contributed by atoms with Gasteiger partial charge in [-0.05, 0) is 60.1 Å². The summed E-state index contributed by atoms with van der Waals surface area (Å²) in [6.07, 6.45) is 2.18. The summed E-state index contributed by atoms with van der Waals surface area (Å²) in [5.74, 6) is -1.66. The summed E-state index contributed by atoms with van der Waals surface area (Å²) in [7, 11) is 0. The minimum absolute atomic E-state index is 0.0729. The predicted molar refractivity (Wildman–Crippen MR) is 75.4 cm³/mol. The average Bonchev–Trinajstić information content (AvgIpc) is 2.25. The van der Waals surface area contributed by atoms with Crippen LogP contribution in [-0.2, 0) is 4.79 Å². The smallest absolute Gasteiger partial charge is 0.305 e. The molecule has 0 atom stereocenters. The SMILES string of the molecule is O=C(O)CC1(NC(=O)c2ccc(F)cc2I)CCC1. The number of amides is 1. The number of hydrogen-bond acceptors (Lipinski definition) is 2. The summed E-state index contributed by atoms with van der Waals surface area (Å²) in [5, 5.41) is 11.7. The zero-order valence-electron chi connectivity index (χ0n) is 10.1. The Morgan fingerprint density at radius 1 is 1.42 bits per heavy atom. The topological polar surface area (TPSA) is 66.4 Å². The van der Waals surface area contributed by atoms with Crippen LogP contribution in [0.15, 0.2) is 18.2 Å². The normalized spacial score (nSPS) is 16.5. The Balaban J connectivity index is 2.13. The molecule has 102 valence electrons. The molecule has 2 rings (SSSR count). The molecule has 1 saturated carbocycles. The minimum atomic E-state index is -0.922. The molecule has 0 radical (unpaired) electrons. The number of carbonyl (C=O) groups is 2. The number of halogens is 2. The molecule has 1 amide bonds. The summed E-state index contributed by atoms with van der Waals surface area (Å²) in [4.78, 5) is 23.0. The van der Waals surface area contributed by atoms with Crippen LogP contribution in [-0.4, -0.2) is 22.5 Å². The Morgan fingerprint density at radius 3 is 2.58 bits per heavy atom. The lowest BCUT2D eigenvalue weighted by Gasteiger charge is -2.41. The zero-order chi connectivity index (χ0) is 14.0. The van der Waals surface area contributed by atoms with Gasteiger partial charge in [0.05, 0.1) is 17.5 Å². The molecule has 0 bridgehead atoms. The van der Waals surface area contributed by atoms with Crippen LogP contribution in [0.1, 0.15) is 36.0 Å². The molecular formula is C13H13FINO3. The lowest BCUT2D eigenvalue weighted by Crippen LogP contribution is -2.54. The molecule has 6 heteroatoms. The van der Waals surface area contributed by atoms with E-state index in [2.05, 4.69) is 5.32 Å². The van der Waals surface area contributed by atoms with E-state index in [4.69, 9.17) is 5.11 Å². The van der Waals surface area contributed by atoms with Gasteiger partial charge < -0.3 is 10.4 Å². The number of rotatable bonds is 4. The number of carboxylic acids is 1. The molecule has 19 heavy (non-hydrogen) atoms. The molecule has 4 nitrogen and oxygen atoms in total. The Morgan fingerprint density at radius 2 is 2.11 bits per heavy atom. The first-order valence-corrected chi connectivity index (χ1v) is 6.99. The highest BCUT2D eigenvalue weighted by Crippen LogP contribution is 2.35. The van der Waals surface area contributed by atoms with Crippen molar-refractivity contribution in [1.29, 1.82) is 0 Å². The lowest BCUT2D eigenvalue weighted by atomic mass is 9.74. The van der Waals surface area contributed by atoms with Crippen molar-refractivity contribution in [3.63, 3.8) is 0 Å². The Hall–Kier alpha value is -1.18. The van der Waals surface area contributed by atoms with Crippen LogP contribution in [0.25, 0.3) is 0 Å². The van der Waals surface area contributed by atoms with Crippen molar-refractivity contribution in [2.75, 3.05) is 0 Å². The van der Waals surface area contributed by atoms with Gasteiger partial charge in [0.15, 0.2) is 0 Å². The highest BCUT2D eigenvalue weighted by molar-refractivity contribution is 14.1. The van der Waals surface area contributed by atoms with Gasteiger partial charge >= 0.3 is 5.97 Å². The maximum absolute atomic E-state index is 13.0. The Bertz CT molecular complexity index is 529. The minimum Gasteiger partial charge on any atom is -0.481 e. The third kappa shape index (κ3) is 3.23. The van der Waals surface area contributed by atoms with Gasteiger partial charge in [0.2, 0.25) is 0 Å². The number of aliphatic carboxylic acids is 1. The summed E-state index contributed by atoms with van der Waals surface area (Å²) >= 11 is 1.89. The van der Waals surface area contributed by atoms with E-state index < -0.39 is 17.3 Å². The van der Waals surface area contributed by atoms with Crippen LogP contribution >= 0.6 is 22.6 Å². The van der Waals surface area contributed by atoms with E-state index in [-0.39, 0.29) is 12.3 Å². The molecule has 1 aromatic rings. The first kappa shape index (κ1) is 14.2. The van der Waals surface area contributed by atoms with Crippen LogP contribution in [0.4, 0.5) is 4.39 Å². The molecule has 1 aliphatic carbocycles. The second kappa shape index (κ2) is 5.44. The first-order chi connectivity index (χ1) is 8.92. The quantitative estimate of drug-likeness (QED) is 0.793. The van der Waals surface area contributed by atoms with Crippen LogP contribution in [0, 0.1) is 9.39 Å². The van der Waals surface area contributed by atoms with Gasteiger partial charge in [0.1, 0.15) is 5.82 Å². The van der Waals surface area contributed by atoms with Crippen LogP contribution in [0.2, 0.25) is 0 Å². The predicted octanol–water partition coefficient (Wildman–Crippen LogP) is 2.56. The largest absolute Gasteiger partial charge is 0.481 e. The number of benzene rings is 1. The maximum Gasteiger partial charge on any atom is 0.305 e. The second-order valence-corrected chi connectivity index (χ2v) is 5.94. The van der Waals surface area contributed by atoms with Crippen molar-refractivity contribution < 1.29 is 19.1 Å². The van der Waals surface area contributed by atoms with Gasteiger partial charge in [0, 0.05) is 3.57 Å². The fourth-order valence-corrected chi connectivity index (χ4v) is 2.94. The summed E-state index contributed by atoms with van der Waals surface area (Å²) < 4.78 is 13.5. The maximum atomic E-state index is 13.0. The van der Waals surface area contributed by atoms with Gasteiger partial charge in [-0.3, -0.25) is 9.59 Å². The van der Waals surface area contributed by atoms with Gasteiger partial charge in [-0.15, -0.1) is 0 Å². The Kier molecular flexibility index (Phi) is 4.07. The van der Waals surface area contributed by atoms with Crippen LogP contribution in [0.3, 0.4) is 0 Å². The zero-order valence-corrected chi connectivity index (χ0v) is 12.2. The van der Waals surface area contributed by atoms with E-state index in [1.54, 1.807) is 0 Å². The van der Waals surface area contributed by atoms with Crippen molar-refractivity contribution in [1.82, 2.24) is 5.32 Å². The van der Waals surface area contributed by atoms with Gasteiger partial charge in [-0.25, -0.2) is 4.39 Å². The van der Waals surface area contributed by atoms with Gasteiger partial charge in [-0.2, -0.15) is 0 Å². The van der Waals surface area contributed by atoms with Crippen molar-refractivity contribution in [2.24, 2.45) is 0 Å². The number of hydrogen-bond donors (Lipinski definition) is 2. The van der Waals surface area contributed by atoms with Gasteiger partial charge in [0.25, 0.3) is 5.91 Å². The fraction of sp³-hybridized carbons (Fsp3) is 0.385.